The third kappa shape index (κ3) is 0.600. The van der Waals surface area contributed by atoms with E-state index in [4.69, 9.17) is 5.73 Å². The summed E-state index contributed by atoms with van der Waals surface area (Å²) in [6.45, 7) is 4.70. The van der Waals surface area contributed by atoms with Gasteiger partial charge in [0.2, 0.25) is 0 Å². The number of nitrogens with zero attached hydrogens (tertiary/aromatic N) is 1. The molecule has 0 bridgehead atoms. The van der Waals surface area contributed by atoms with E-state index in [1.54, 1.807) is 11.3 Å². The smallest absolute Gasteiger partial charge is 0.180 e. The summed E-state index contributed by atoms with van der Waals surface area (Å²) in [5.41, 5.74) is 7.48. The Hall–Kier alpha value is -0.570. The Morgan fingerprint density at radius 3 is 3.08 bits per heavy atom. The number of thiazole rings is 1. The zero-order chi connectivity index (χ0) is 8.51. The van der Waals surface area contributed by atoms with E-state index in [-0.39, 0.29) is 0 Å². The van der Waals surface area contributed by atoms with Crippen LogP contribution in [0.2, 0.25) is 0 Å². The highest BCUT2D eigenvalue weighted by atomic mass is 32.1. The lowest BCUT2D eigenvalue weighted by molar-refractivity contribution is 0.539. The van der Waals surface area contributed by atoms with E-state index in [2.05, 4.69) is 18.8 Å². The summed E-state index contributed by atoms with van der Waals surface area (Å²) >= 11 is 1.70. The van der Waals surface area contributed by atoms with Crippen molar-refractivity contribution in [1.29, 1.82) is 0 Å². The molecular formula is C9H12N2S. The SMILES string of the molecule is CC1(C)C2Cc3nc(N)sc3C21. The Labute approximate surface area is 75.8 Å². The van der Waals surface area contributed by atoms with Crippen molar-refractivity contribution >= 4 is 16.5 Å². The van der Waals surface area contributed by atoms with Gasteiger partial charge in [-0.1, -0.05) is 13.8 Å². The van der Waals surface area contributed by atoms with Gasteiger partial charge >= 0.3 is 0 Å². The molecule has 0 saturated heterocycles. The zero-order valence-corrected chi connectivity index (χ0v) is 8.11. The molecule has 3 rings (SSSR count). The lowest BCUT2D eigenvalue weighted by Gasteiger charge is -2.04. The van der Waals surface area contributed by atoms with Gasteiger partial charge < -0.3 is 5.73 Å². The average Bonchev–Trinajstić information content (AvgIpc) is 2.30. The van der Waals surface area contributed by atoms with Gasteiger partial charge in [-0.05, 0) is 17.8 Å². The number of aromatic nitrogens is 1. The minimum absolute atomic E-state index is 0.534. The number of rotatable bonds is 0. The highest BCUT2D eigenvalue weighted by Gasteiger charge is 2.63. The Balaban J connectivity index is 2.10. The van der Waals surface area contributed by atoms with E-state index >= 15 is 0 Å². The molecule has 1 aromatic heterocycles. The summed E-state index contributed by atoms with van der Waals surface area (Å²) in [6, 6.07) is 0. The molecule has 2 atom stereocenters. The maximum Gasteiger partial charge on any atom is 0.180 e. The zero-order valence-electron chi connectivity index (χ0n) is 7.29. The molecule has 0 amide bonds. The molecule has 1 aromatic rings. The normalized spacial score (nSPS) is 34.5. The van der Waals surface area contributed by atoms with Crippen molar-refractivity contribution in [1.82, 2.24) is 4.98 Å². The maximum atomic E-state index is 5.67. The summed E-state index contributed by atoms with van der Waals surface area (Å²) in [7, 11) is 0. The van der Waals surface area contributed by atoms with Crippen LogP contribution in [0.25, 0.3) is 0 Å². The van der Waals surface area contributed by atoms with Crippen LogP contribution in [-0.4, -0.2) is 4.98 Å². The third-order valence-electron chi connectivity index (χ3n) is 3.49. The second kappa shape index (κ2) is 1.69. The van der Waals surface area contributed by atoms with Crippen LogP contribution in [0, 0.1) is 11.3 Å². The van der Waals surface area contributed by atoms with E-state index in [0.717, 1.165) is 17.0 Å². The van der Waals surface area contributed by atoms with Crippen LogP contribution < -0.4 is 5.73 Å². The number of nitrogen functional groups attached to an aromatic ring is 1. The van der Waals surface area contributed by atoms with Crippen molar-refractivity contribution in [3.05, 3.63) is 10.6 Å². The Bertz CT molecular complexity index is 353. The molecule has 2 N–H and O–H groups in total. The Morgan fingerprint density at radius 1 is 1.58 bits per heavy atom. The first-order valence-electron chi connectivity index (χ1n) is 4.36. The van der Waals surface area contributed by atoms with Crippen molar-refractivity contribution in [2.45, 2.75) is 26.2 Å². The van der Waals surface area contributed by atoms with Crippen LogP contribution >= 0.6 is 11.3 Å². The summed E-state index contributed by atoms with van der Waals surface area (Å²) in [6.07, 6.45) is 1.17. The fourth-order valence-corrected chi connectivity index (χ4v) is 3.85. The topological polar surface area (TPSA) is 38.9 Å². The molecule has 0 spiro atoms. The molecule has 1 heterocycles. The lowest BCUT2D eigenvalue weighted by atomic mass is 10.0. The summed E-state index contributed by atoms with van der Waals surface area (Å²) < 4.78 is 0. The highest BCUT2D eigenvalue weighted by Crippen LogP contribution is 2.71. The minimum atomic E-state index is 0.534. The van der Waals surface area contributed by atoms with Gasteiger partial charge in [0.25, 0.3) is 0 Å². The summed E-state index contributed by atoms with van der Waals surface area (Å²) in [5.74, 6) is 1.65. The van der Waals surface area contributed by atoms with Gasteiger partial charge in [0.1, 0.15) is 0 Å². The first-order chi connectivity index (χ1) is 5.60. The van der Waals surface area contributed by atoms with Crippen LogP contribution in [0.15, 0.2) is 0 Å². The first-order valence-corrected chi connectivity index (χ1v) is 5.17. The second-order valence-corrected chi connectivity index (χ2v) is 5.53. The molecule has 2 unspecified atom stereocenters. The van der Waals surface area contributed by atoms with Crippen LogP contribution in [-0.2, 0) is 6.42 Å². The Kier molecular flexibility index (Phi) is 0.971. The van der Waals surface area contributed by atoms with Crippen molar-refractivity contribution < 1.29 is 0 Å². The van der Waals surface area contributed by atoms with Gasteiger partial charge in [-0.2, -0.15) is 0 Å². The quantitative estimate of drug-likeness (QED) is 0.663. The van der Waals surface area contributed by atoms with E-state index in [0.29, 0.717) is 5.41 Å². The molecule has 0 radical (unpaired) electrons. The number of hydrogen-bond donors (Lipinski definition) is 1. The molecule has 0 aromatic carbocycles. The fraction of sp³-hybridized carbons (Fsp3) is 0.667. The summed E-state index contributed by atoms with van der Waals surface area (Å²) in [4.78, 5) is 5.81. The molecule has 2 nitrogen and oxygen atoms in total. The average molecular weight is 180 g/mol. The molecule has 1 fully saturated rings. The van der Waals surface area contributed by atoms with Gasteiger partial charge in [-0.15, -0.1) is 11.3 Å². The van der Waals surface area contributed by atoms with Crippen LogP contribution in [0.1, 0.15) is 30.3 Å². The molecule has 2 aliphatic carbocycles. The molecule has 12 heavy (non-hydrogen) atoms. The van der Waals surface area contributed by atoms with Crippen molar-refractivity contribution in [2.75, 3.05) is 5.73 Å². The van der Waals surface area contributed by atoms with Gasteiger partial charge in [0.15, 0.2) is 5.13 Å². The minimum Gasteiger partial charge on any atom is -0.375 e. The van der Waals surface area contributed by atoms with Gasteiger partial charge in [0.05, 0.1) is 5.69 Å². The summed E-state index contributed by atoms with van der Waals surface area (Å²) in [5, 5.41) is 0.751. The van der Waals surface area contributed by atoms with Crippen LogP contribution in [0.3, 0.4) is 0 Å². The molecule has 3 heteroatoms. The molecule has 2 aliphatic rings. The number of nitrogens with two attached hydrogens (primary N) is 1. The molecule has 1 saturated carbocycles. The molecular weight excluding hydrogens is 168 g/mol. The predicted octanol–water partition coefficient (Wildman–Crippen LogP) is 2.02. The van der Waals surface area contributed by atoms with Crippen LogP contribution in [0.5, 0.6) is 0 Å². The van der Waals surface area contributed by atoms with E-state index in [9.17, 15) is 0 Å². The number of hydrogen-bond acceptors (Lipinski definition) is 3. The monoisotopic (exact) mass is 180 g/mol. The van der Waals surface area contributed by atoms with E-state index < -0.39 is 0 Å². The number of fused-ring (bicyclic) bond motifs is 3. The molecule has 0 aliphatic heterocycles. The van der Waals surface area contributed by atoms with E-state index in [1.807, 2.05) is 0 Å². The largest absolute Gasteiger partial charge is 0.375 e. The predicted molar refractivity (Wildman–Crippen MR) is 50.2 cm³/mol. The Morgan fingerprint density at radius 2 is 2.33 bits per heavy atom. The molecule has 64 valence electrons. The lowest BCUT2D eigenvalue weighted by Crippen LogP contribution is -1.98. The van der Waals surface area contributed by atoms with Crippen molar-refractivity contribution in [3.63, 3.8) is 0 Å². The van der Waals surface area contributed by atoms with Crippen molar-refractivity contribution in [3.8, 4) is 0 Å². The van der Waals surface area contributed by atoms with Gasteiger partial charge in [0, 0.05) is 10.8 Å². The first kappa shape index (κ1) is 6.89. The van der Waals surface area contributed by atoms with Crippen LogP contribution in [0.4, 0.5) is 5.13 Å². The second-order valence-electron chi connectivity index (χ2n) is 4.47. The maximum absolute atomic E-state index is 5.67. The highest BCUT2D eigenvalue weighted by molar-refractivity contribution is 7.15. The third-order valence-corrected chi connectivity index (χ3v) is 4.50. The standard InChI is InChI=1S/C9H12N2S/c1-9(2)4-3-5-7(6(4)9)12-8(10)11-5/h4,6H,3H2,1-2H3,(H2,10,11). The van der Waals surface area contributed by atoms with Crippen molar-refractivity contribution in [2.24, 2.45) is 11.3 Å². The van der Waals surface area contributed by atoms with Gasteiger partial charge in [-0.3, -0.25) is 0 Å². The van der Waals surface area contributed by atoms with Gasteiger partial charge in [-0.25, -0.2) is 4.98 Å². The van der Waals surface area contributed by atoms with E-state index in [1.165, 1.54) is 17.0 Å². The fourth-order valence-electron chi connectivity index (χ4n) is 2.63. The number of anilines is 1.